The lowest BCUT2D eigenvalue weighted by Crippen LogP contribution is -2.42. The van der Waals surface area contributed by atoms with Crippen LogP contribution in [0.1, 0.15) is 12.8 Å². The van der Waals surface area contributed by atoms with E-state index in [0.29, 0.717) is 25.2 Å². The SMILES string of the molecule is CNc1cc(S(=O)(=O)N2CCCC(O)C2)ccn1. The molecule has 0 spiro atoms. The molecule has 0 radical (unpaired) electrons. The fourth-order valence-electron chi connectivity index (χ4n) is 2.00. The van der Waals surface area contributed by atoms with E-state index in [-0.39, 0.29) is 11.4 Å². The first-order chi connectivity index (χ1) is 8.54. The number of hydrogen-bond acceptors (Lipinski definition) is 5. The molecule has 0 saturated carbocycles. The van der Waals surface area contributed by atoms with Gasteiger partial charge in [-0.1, -0.05) is 0 Å². The van der Waals surface area contributed by atoms with Gasteiger partial charge in [0.1, 0.15) is 5.82 Å². The van der Waals surface area contributed by atoms with E-state index in [9.17, 15) is 13.5 Å². The largest absolute Gasteiger partial charge is 0.392 e. The molecule has 0 aliphatic carbocycles. The summed E-state index contributed by atoms with van der Waals surface area (Å²) in [6.45, 7) is 0.621. The third-order valence-electron chi connectivity index (χ3n) is 2.98. The summed E-state index contributed by atoms with van der Waals surface area (Å²) in [5, 5.41) is 12.4. The van der Waals surface area contributed by atoms with Crippen molar-refractivity contribution in [2.45, 2.75) is 23.8 Å². The van der Waals surface area contributed by atoms with Crippen molar-refractivity contribution in [3.05, 3.63) is 18.3 Å². The van der Waals surface area contributed by atoms with E-state index < -0.39 is 16.1 Å². The van der Waals surface area contributed by atoms with Gasteiger partial charge in [0.25, 0.3) is 0 Å². The third kappa shape index (κ3) is 2.63. The summed E-state index contributed by atoms with van der Waals surface area (Å²) in [5.74, 6) is 0.508. The standard InChI is InChI=1S/C11H17N3O3S/c1-12-11-7-10(4-5-13-11)18(16,17)14-6-2-3-9(15)8-14/h4-5,7,9,15H,2-3,6,8H2,1H3,(H,12,13). The van der Waals surface area contributed by atoms with Crippen molar-refractivity contribution in [1.82, 2.24) is 9.29 Å². The highest BCUT2D eigenvalue weighted by atomic mass is 32.2. The van der Waals surface area contributed by atoms with Crippen molar-refractivity contribution in [3.63, 3.8) is 0 Å². The molecule has 0 bridgehead atoms. The molecule has 0 amide bonds. The zero-order chi connectivity index (χ0) is 13.2. The van der Waals surface area contributed by atoms with Crippen LogP contribution in [0.4, 0.5) is 5.82 Å². The fraction of sp³-hybridized carbons (Fsp3) is 0.545. The normalized spacial score (nSPS) is 21.8. The zero-order valence-corrected chi connectivity index (χ0v) is 11.0. The Morgan fingerprint density at radius 1 is 1.56 bits per heavy atom. The van der Waals surface area contributed by atoms with Crippen LogP contribution in [0.2, 0.25) is 0 Å². The topological polar surface area (TPSA) is 82.5 Å². The predicted octanol–water partition coefficient (Wildman–Crippen LogP) is 0.269. The molecule has 2 rings (SSSR count). The van der Waals surface area contributed by atoms with Crippen molar-refractivity contribution in [1.29, 1.82) is 0 Å². The van der Waals surface area contributed by atoms with Crippen LogP contribution >= 0.6 is 0 Å². The van der Waals surface area contributed by atoms with Gasteiger partial charge in [-0.05, 0) is 18.9 Å². The molecule has 1 aliphatic rings. The van der Waals surface area contributed by atoms with Gasteiger partial charge in [-0.3, -0.25) is 0 Å². The lowest BCUT2D eigenvalue weighted by Gasteiger charge is -2.29. The van der Waals surface area contributed by atoms with Gasteiger partial charge < -0.3 is 10.4 Å². The van der Waals surface area contributed by atoms with Gasteiger partial charge in [0.15, 0.2) is 0 Å². The van der Waals surface area contributed by atoms with Crippen molar-refractivity contribution < 1.29 is 13.5 Å². The van der Waals surface area contributed by atoms with E-state index in [4.69, 9.17) is 0 Å². The molecule has 1 aromatic heterocycles. The molecule has 1 atom stereocenters. The summed E-state index contributed by atoms with van der Waals surface area (Å²) < 4.78 is 26.0. The second-order valence-electron chi connectivity index (χ2n) is 4.29. The Hall–Kier alpha value is -1.18. The number of anilines is 1. The van der Waals surface area contributed by atoms with E-state index >= 15 is 0 Å². The Kier molecular flexibility index (Phi) is 3.84. The molecule has 1 aliphatic heterocycles. The van der Waals surface area contributed by atoms with Crippen molar-refractivity contribution in [2.24, 2.45) is 0 Å². The van der Waals surface area contributed by atoms with Gasteiger partial charge in [-0.15, -0.1) is 0 Å². The minimum atomic E-state index is -3.53. The smallest absolute Gasteiger partial charge is 0.243 e. The fourth-order valence-corrected chi connectivity index (χ4v) is 3.53. The maximum atomic E-state index is 12.4. The number of aromatic nitrogens is 1. The molecule has 7 heteroatoms. The van der Waals surface area contributed by atoms with Crippen LogP contribution in [-0.4, -0.2) is 49.1 Å². The molecule has 0 aromatic carbocycles. The molecule has 1 fully saturated rings. The molecule has 6 nitrogen and oxygen atoms in total. The van der Waals surface area contributed by atoms with Gasteiger partial charge in [0, 0.05) is 32.4 Å². The lowest BCUT2D eigenvalue weighted by molar-refractivity contribution is 0.108. The monoisotopic (exact) mass is 271 g/mol. The van der Waals surface area contributed by atoms with Crippen molar-refractivity contribution >= 4 is 15.8 Å². The van der Waals surface area contributed by atoms with E-state index in [1.54, 1.807) is 7.05 Å². The first-order valence-corrected chi connectivity index (χ1v) is 7.30. The third-order valence-corrected chi connectivity index (χ3v) is 4.85. The first-order valence-electron chi connectivity index (χ1n) is 5.86. The molecule has 1 unspecified atom stereocenters. The minimum Gasteiger partial charge on any atom is -0.392 e. The summed E-state index contributed by atoms with van der Waals surface area (Å²) >= 11 is 0. The van der Waals surface area contributed by atoms with Gasteiger partial charge in [-0.25, -0.2) is 13.4 Å². The highest BCUT2D eigenvalue weighted by Gasteiger charge is 2.29. The number of nitrogens with zero attached hydrogens (tertiary/aromatic N) is 2. The number of sulfonamides is 1. The summed E-state index contributed by atoms with van der Waals surface area (Å²) in [4.78, 5) is 4.19. The molecule has 18 heavy (non-hydrogen) atoms. The Morgan fingerprint density at radius 2 is 2.33 bits per heavy atom. The molecule has 1 aromatic rings. The van der Waals surface area contributed by atoms with Crippen molar-refractivity contribution in [2.75, 3.05) is 25.5 Å². The quantitative estimate of drug-likeness (QED) is 0.824. The maximum absolute atomic E-state index is 12.4. The first kappa shape index (κ1) is 13.3. The molecule has 2 heterocycles. The van der Waals surface area contributed by atoms with E-state index in [1.165, 1.54) is 22.6 Å². The molecule has 100 valence electrons. The van der Waals surface area contributed by atoms with Crippen LogP contribution in [0, 0.1) is 0 Å². The molecular weight excluding hydrogens is 254 g/mol. The molecular formula is C11H17N3O3S. The van der Waals surface area contributed by atoms with Crippen LogP contribution < -0.4 is 5.32 Å². The van der Waals surface area contributed by atoms with Crippen molar-refractivity contribution in [3.8, 4) is 0 Å². The number of rotatable bonds is 3. The number of aliphatic hydroxyl groups is 1. The highest BCUT2D eigenvalue weighted by Crippen LogP contribution is 2.21. The van der Waals surface area contributed by atoms with Crippen LogP contribution in [0.5, 0.6) is 0 Å². The summed E-state index contributed by atoms with van der Waals surface area (Å²) in [6.07, 6.45) is 2.23. The summed E-state index contributed by atoms with van der Waals surface area (Å²) in [6, 6.07) is 2.97. The zero-order valence-electron chi connectivity index (χ0n) is 10.2. The second kappa shape index (κ2) is 5.21. The van der Waals surface area contributed by atoms with Crippen LogP contribution in [0.3, 0.4) is 0 Å². The van der Waals surface area contributed by atoms with Gasteiger partial charge in [-0.2, -0.15) is 4.31 Å². The van der Waals surface area contributed by atoms with Gasteiger partial charge in [0.05, 0.1) is 11.0 Å². The number of hydrogen-bond donors (Lipinski definition) is 2. The minimum absolute atomic E-state index is 0.166. The van der Waals surface area contributed by atoms with Crippen LogP contribution in [0.15, 0.2) is 23.2 Å². The predicted molar refractivity (Wildman–Crippen MR) is 67.8 cm³/mol. The average Bonchev–Trinajstić information content (AvgIpc) is 2.39. The maximum Gasteiger partial charge on any atom is 0.243 e. The molecule has 2 N–H and O–H groups in total. The number of nitrogens with one attached hydrogen (secondary N) is 1. The van der Waals surface area contributed by atoms with Crippen LogP contribution in [0.25, 0.3) is 0 Å². The van der Waals surface area contributed by atoms with E-state index in [2.05, 4.69) is 10.3 Å². The number of aliphatic hydroxyl groups excluding tert-OH is 1. The second-order valence-corrected chi connectivity index (χ2v) is 6.22. The number of β-amino-alcohol motifs (C(OH)–C–C–N with tert-alkyl or cyclic N) is 1. The summed E-state index contributed by atoms with van der Waals surface area (Å²) in [7, 11) is -1.85. The van der Waals surface area contributed by atoms with E-state index in [0.717, 1.165) is 0 Å². The number of piperidine rings is 1. The Labute approximate surface area is 107 Å². The van der Waals surface area contributed by atoms with Gasteiger partial charge >= 0.3 is 0 Å². The average molecular weight is 271 g/mol. The Morgan fingerprint density at radius 3 is 3.00 bits per heavy atom. The lowest BCUT2D eigenvalue weighted by atomic mass is 10.1. The molecule has 1 saturated heterocycles. The highest BCUT2D eigenvalue weighted by molar-refractivity contribution is 7.89. The van der Waals surface area contributed by atoms with E-state index in [1.807, 2.05) is 0 Å². The Balaban J connectivity index is 2.29. The Bertz CT molecular complexity index is 518. The van der Waals surface area contributed by atoms with Gasteiger partial charge in [0.2, 0.25) is 10.0 Å². The number of pyridine rings is 1. The van der Waals surface area contributed by atoms with Crippen LogP contribution in [-0.2, 0) is 10.0 Å². The summed E-state index contributed by atoms with van der Waals surface area (Å²) in [5.41, 5.74) is 0.